The lowest BCUT2D eigenvalue weighted by Crippen LogP contribution is -2.40. The van der Waals surface area contributed by atoms with Gasteiger partial charge >= 0.3 is 5.97 Å². The second-order valence-electron chi connectivity index (χ2n) is 7.65. The van der Waals surface area contributed by atoms with E-state index >= 15 is 0 Å². The van der Waals surface area contributed by atoms with Crippen molar-refractivity contribution in [1.82, 2.24) is 19.7 Å². The van der Waals surface area contributed by atoms with Gasteiger partial charge in [0.1, 0.15) is 11.1 Å². The highest BCUT2D eigenvalue weighted by Crippen LogP contribution is 2.22. The van der Waals surface area contributed by atoms with Crippen LogP contribution in [0.25, 0.3) is 11.0 Å². The maximum absolute atomic E-state index is 12.6. The van der Waals surface area contributed by atoms with Crippen LogP contribution in [0.2, 0.25) is 5.02 Å². The molecular formula is C23H19ClN4O5. The zero-order valence-corrected chi connectivity index (χ0v) is 18.5. The summed E-state index contributed by atoms with van der Waals surface area (Å²) < 4.78 is 12.4. The molecule has 1 N–H and O–H groups in total. The fraction of sp³-hybridized carbons (Fsp3) is 0.174. The van der Waals surface area contributed by atoms with Gasteiger partial charge in [-0.2, -0.15) is 5.10 Å². The zero-order chi connectivity index (χ0) is 23.6. The molecule has 0 unspecified atom stereocenters. The van der Waals surface area contributed by atoms with E-state index in [0.717, 1.165) is 0 Å². The largest absolute Gasteiger partial charge is 0.476 e. The van der Waals surface area contributed by atoms with Crippen LogP contribution < -0.4 is 10.3 Å². The SMILES string of the molecule is CC(C)(Oc1ccc(C(=O)c2ccc(Cl)cc2)cc1)C(=O)OCn1ncc2c(=O)[nH]cnc21. The van der Waals surface area contributed by atoms with Gasteiger partial charge < -0.3 is 14.5 Å². The molecule has 10 heteroatoms. The van der Waals surface area contributed by atoms with E-state index in [9.17, 15) is 14.4 Å². The Balaban J connectivity index is 1.40. The summed E-state index contributed by atoms with van der Waals surface area (Å²) in [6.45, 7) is 2.89. The van der Waals surface area contributed by atoms with Gasteiger partial charge in [0.15, 0.2) is 23.8 Å². The summed E-state index contributed by atoms with van der Waals surface area (Å²) in [6, 6.07) is 13.1. The van der Waals surface area contributed by atoms with Crippen molar-refractivity contribution in [3.8, 4) is 5.75 Å². The lowest BCUT2D eigenvalue weighted by Gasteiger charge is -2.24. The van der Waals surface area contributed by atoms with Gasteiger partial charge in [-0.1, -0.05) is 11.6 Å². The molecule has 168 valence electrons. The average molecular weight is 467 g/mol. The van der Waals surface area contributed by atoms with E-state index in [4.69, 9.17) is 21.1 Å². The first-order chi connectivity index (χ1) is 15.7. The number of carbonyl (C=O) groups excluding carboxylic acids is 2. The van der Waals surface area contributed by atoms with Crippen molar-refractivity contribution < 1.29 is 19.1 Å². The van der Waals surface area contributed by atoms with E-state index in [1.54, 1.807) is 62.4 Å². The van der Waals surface area contributed by atoms with Crippen molar-refractivity contribution in [2.45, 2.75) is 26.2 Å². The number of ether oxygens (including phenoxy) is 2. The summed E-state index contributed by atoms with van der Waals surface area (Å²) in [5, 5.41) is 4.87. The smallest absolute Gasteiger partial charge is 0.351 e. The molecule has 0 fully saturated rings. The monoisotopic (exact) mass is 466 g/mol. The molecule has 0 radical (unpaired) electrons. The first-order valence-electron chi connectivity index (χ1n) is 9.90. The highest BCUT2D eigenvalue weighted by Gasteiger charge is 2.32. The Kier molecular flexibility index (Phi) is 5.97. The first-order valence-corrected chi connectivity index (χ1v) is 10.3. The van der Waals surface area contributed by atoms with Crippen molar-refractivity contribution >= 4 is 34.4 Å². The molecule has 9 nitrogen and oxygen atoms in total. The number of aromatic amines is 1. The van der Waals surface area contributed by atoms with Crippen LogP contribution in [0.15, 0.2) is 65.8 Å². The summed E-state index contributed by atoms with van der Waals surface area (Å²) in [7, 11) is 0. The number of rotatable bonds is 7. The Labute approximate surface area is 192 Å². The maximum Gasteiger partial charge on any atom is 0.351 e. The van der Waals surface area contributed by atoms with Gasteiger partial charge in [-0.3, -0.25) is 9.59 Å². The molecule has 0 aliphatic carbocycles. The molecule has 33 heavy (non-hydrogen) atoms. The maximum atomic E-state index is 12.6. The van der Waals surface area contributed by atoms with Crippen molar-refractivity contribution in [3.63, 3.8) is 0 Å². The molecule has 2 heterocycles. The summed E-state index contributed by atoms with van der Waals surface area (Å²) in [5.74, 6) is -0.407. The van der Waals surface area contributed by atoms with Crippen LogP contribution in [0.3, 0.4) is 0 Å². The number of halogens is 1. The van der Waals surface area contributed by atoms with Gasteiger partial charge in [-0.25, -0.2) is 14.5 Å². The number of hydrogen-bond acceptors (Lipinski definition) is 7. The van der Waals surface area contributed by atoms with Crippen LogP contribution in [0.5, 0.6) is 5.75 Å². The average Bonchev–Trinajstić information content (AvgIpc) is 3.22. The number of fused-ring (bicyclic) bond motifs is 1. The second-order valence-corrected chi connectivity index (χ2v) is 8.08. The van der Waals surface area contributed by atoms with Crippen molar-refractivity contribution in [1.29, 1.82) is 0 Å². The molecule has 0 saturated carbocycles. The van der Waals surface area contributed by atoms with Gasteiger partial charge in [-0.15, -0.1) is 0 Å². The molecule has 2 aromatic carbocycles. The topological polar surface area (TPSA) is 116 Å². The highest BCUT2D eigenvalue weighted by atomic mass is 35.5. The lowest BCUT2D eigenvalue weighted by atomic mass is 10.0. The minimum Gasteiger partial charge on any atom is -0.476 e. The van der Waals surface area contributed by atoms with Crippen LogP contribution in [0.1, 0.15) is 29.8 Å². The van der Waals surface area contributed by atoms with Crippen LogP contribution in [-0.2, 0) is 16.3 Å². The van der Waals surface area contributed by atoms with Gasteiger partial charge in [0, 0.05) is 16.1 Å². The van der Waals surface area contributed by atoms with Gasteiger partial charge in [0.2, 0.25) is 0 Å². The number of benzene rings is 2. The third-order valence-electron chi connectivity index (χ3n) is 4.84. The van der Waals surface area contributed by atoms with E-state index in [0.29, 0.717) is 27.5 Å². The predicted octanol–water partition coefficient (Wildman–Crippen LogP) is 3.36. The van der Waals surface area contributed by atoms with Crippen molar-refractivity contribution in [2.75, 3.05) is 0 Å². The minimum atomic E-state index is -1.32. The standard InChI is InChI=1S/C23H19ClN4O5/c1-23(2,22(31)32-13-28-20-18(11-27-28)21(30)26-12-25-20)33-17-9-5-15(6-10-17)19(29)14-3-7-16(24)8-4-14/h3-12H,13H2,1-2H3,(H,25,26,30). The molecule has 4 aromatic rings. The fourth-order valence-electron chi connectivity index (χ4n) is 3.07. The van der Waals surface area contributed by atoms with E-state index in [1.807, 2.05) is 0 Å². The van der Waals surface area contributed by atoms with Crippen LogP contribution in [0.4, 0.5) is 0 Å². The Hall–Kier alpha value is -3.98. The number of nitrogens with one attached hydrogen (secondary N) is 1. The second kappa shape index (κ2) is 8.87. The Morgan fingerprint density at radius 2 is 1.70 bits per heavy atom. The number of nitrogens with zero attached hydrogens (tertiary/aromatic N) is 3. The number of ketones is 1. The summed E-state index contributed by atoms with van der Waals surface area (Å²) in [5.41, 5.74) is -0.376. The van der Waals surface area contributed by atoms with E-state index in [1.165, 1.54) is 17.2 Å². The van der Waals surface area contributed by atoms with Crippen LogP contribution in [-0.4, -0.2) is 37.1 Å². The normalized spacial score (nSPS) is 11.4. The predicted molar refractivity (Wildman–Crippen MR) is 120 cm³/mol. The van der Waals surface area contributed by atoms with E-state index < -0.39 is 11.6 Å². The molecular weight excluding hydrogens is 448 g/mol. The highest BCUT2D eigenvalue weighted by molar-refractivity contribution is 6.30. The summed E-state index contributed by atoms with van der Waals surface area (Å²) in [4.78, 5) is 43.4. The minimum absolute atomic E-state index is 0.157. The Morgan fingerprint density at radius 1 is 1.06 bits per heavy atom. The first kappa shape index (κ1) is 22.2. The Bertz CT molecular complexity index is 1370. The van der Waals surface area contributed by atoms with Crippen LogP contribution in [0, 0.1) is 0 Å². The Morgan fingerprint density at radius 3 is 2.36 bits per heavy atom. The third-order valence-corrected chi connectivity index (χ3v) is 5.10. The molecule has 0 aliphatic heterocycles. The number of aromatic nitrogens is 4. The molecule has 0 aliphatic rings. The summed E-state index contributed by atoms with van der Waals surface area (Å²) in [6.07, 6.45) is 2.60. The third kappa shape index (κ3) is 4.78. The molecule has 0 saturated heterocycles. The number of H-pyrrole nitrogens is 1. The molecule has 2 aromatic heterocycles. The van der Waals surface area contributed by atoms with Crippen LogP contribution >= 0.6 is 11.6 Å². The fourth-order valence-corrected chi connectivity index (χ4v) is 3.20. The van der Waals surface area contributed by atoms with E-state index in [2.05, 4.69) is 15.1 Å². The van der Waals surface area contributed by atoms with Gasteiger partial charge in [-0.05, 0) is 62.4 Å². The van der Waals surface area contributed by atoms with Gasteiger partial charge in [0.05, 0.1) is 12.5 Å². The number of hydrogen-bond donors (Lipinski definition) is 1. The van der Waals surface area contributed by atoms with Gasteiger partial charge in [0.25, 0.3) is 5.56 Å². The number of carbonyl (C=O) groups is 2. The quantitative estimate of drug-likeness (QED) is 0.328. The molecule has 0 spiro atoms. The molecule has 4 rings (SSSR count). The van der Waals surface area contributed by atoms with Crippen molar-refractivity contribution in [2.24, 2.45) is 0 Å². The van der Waals surface area contributed by atoms with Crippen molar-refractivity contribution in [3.05, 3.63) is 87.6 Å². The molecule has 0 amide bonds. The molecule has 0 bridgehead atoms. The lowest BCUT2D eigenvalue weighted by molar-refractivity contribution is -0.163. The zero-order valence-electron chi connectivity index (χ0n) is 17.7. The summed E-state index contributed by atoms with van der Waals surface area (Å²) >= 11 is 5.87. The van der Waals surface area contributed by atoms with E-state index in [-0.39, 0.29) is 23.5 Å². The number of esters is 1. The molecule has 0 atom stereocenters.